The Morgan fingerprint density at radius 1 is 1.23 bits per heavy atom. The van der Waals surface area contributed by atoms with Gasteiger partial charge >= 0.3 is 0 Å². The summed E-state index contributed by atoms with van der Waals surface area (Å²) in [7, 11) is -3.67. The summed E-state index contributed by atoms with van der Waals surface area (Å²) in [4.78, 5) is 0.169. The van der Waals surface area contributed by atoms with Crippen LogP contribution in [0.3, 0.4) is 0 Å². The minimum atomic E-state index is -3.67. The molecule has 0 saturated carbocycles. The molecular formula is C18H24N4O3S. The molecule has 8 heteroatoms. The van der Waals surface area contributed by atoms with Gasteiger partial charge in [-0.1, -0.05) is 13.3 Å². The molecule has 0 aliphatic rings. The minimum Gasteiger partial charge on any atom is -0.494 e. The fourth-order valence-corrected chi connectivity index (χ4v) is 3.31. The molecule has 7 nitrogen and oxygen atoms in total. The quantitative estimate of drug-likeness (QED) is 0.605. The number of hydrogen-bond acceptors (Lipinski definition) is 5. The Kier molecular flexibility index (Phi) is 7.48. The maximum atomic E-state index is 12.5. The predicted molar refractivity (Wildman–Crippen MR) is 99.3 cm³/mol. The Morgan fingerprint density at radius 2 is 2.00 bits per heavy atom. The molecule has 140 valence electrons. The Bertz CT molecular complexity index is 823. The Balaban J connectivity index is 1.93. The maximum Gasteiger partial charge on any atom is 0.261 e. The molecule has 0 radical (unpaired) electrons. The zero-order chi connectivity index (χ0) is 18.8. The lowest BCUT2D eigenvalue weighted by atomic mass is 10.2. The van der Waals surface area contributed by atoms with E-state index in [-0.39, 0.29) is 4.90 Å². The van der Waals surface area contributed by atoms with Crippen LogP contribution in [-0.4, -0.2) is 24.8 Å². The smallest absolute Gasteiger partial charge is 0.261 e. The van der Waals surface area contributed by atoms with E-state index in [0.29, 0.717) is 31.0 Å². The molecule has 0 atom stereocenters. The Morgan fingerprint density at radius 3 is 2.69 bits per heavy atom. The fraction of sp³-hybridized carbons (Fsp3) is 0.444. The van der Waals surface area contributed by atoms with Crippen LogP contribution in [-0.2, 0) is 16.6 Å². The van der Waals surface area contributed by atoms with Crippen LogP contribution in [0.15, 0.2) is 41.6 Å². The third-order valence-corrected chi connectivity index (χ3v) is 5.11. The molecule has 1 N–H and O–H groups in total. The van der Waals surface area contributed by atoms with Crippen LogP contribution in [0.1, 0.15) is 39.0 Å². The van der Waals surface area contributed by atoms with Gasteiger partial charge in [-0.05, 0) is 43.5 Å². The van der Waals surface area contributed by atoms with Gasteiger partial charge in [-0.15, -0.1) is 0 Å². The van der Waals surface area contributed by atoms with Gasteiger partial charge in [0.1, 0.15) is 5.75 Å². The number of anilines is 1. The number of nitriles is 1. The summed E-state index contributed by atoms with van der Waals surface area (Å²) >= 11 is 0. The lowest BCUT2D eigenvalue weighted by Gasteiger charge is -2.08. The van der Waals surface area contributed by atoms with Crippen molar-refractivity contribution in [2.75, 3.05) is 11.3 Å². The first-order valence-electron chi connectivity index (χ1n) is 8.70. The van der Waals surface area contributed by atoms with E-state index in [4.69, 9.17) is 10.00 Å². The normalized spacial score (nSPS) is 11.1. The van der Waals surface area contributed by atoms with Gasteiger partial charge in [-0.2, -0.15) is 10.4 Å². The molecule has 1 heterocycles. The van der Waals surface area contributed by atoms with Gasteiger partial charge in [0.05, 0.1) is 29.5 Å². The number of rotatable bonds is 11. The summed E-state index contributed by atoms with van der Waals surface area (Å²) in [6.07, 6.45) is 7.25. The number of ether oxygens (including phenoxy) is 1. The number of sulfonamides is 1. The van der Waals surface area contributed by atoms with Gasteiger partial charge in [0.15, 0.2) is 0 Å². The first kappa shape index (κ1) is 19.8. The highest BCUT2D eigenvalue weighted by molar-refractivity contribution is 7.92. The van der Waals surface area contributed by atoms with Crippen molar-refractivity contribution in [3.8, 4) is 11.8 Å². The second-order valence-electron chi connectivity index (χ2n) is 5.89. The van der Waals surface area contributed by atoms with E-state index in [1.54, 1.807) is 23.0 Å². The van der Waals surface area contributed by atoms with Crippen LogP contribution in [0.4, 0.5) is 5.69 Å². The highest BCUT2D eigenvalue weighted by atomic mass is 32.2. The zero-order valence-electron chi connectivity index (χ0n) is 14.9. The molecule has 0 spiro atoms. The molecule has 2 aromatic rings. The predicted octanol–water partition coefficient (Wildman–Crippen LogP) is 3.56. The first-order chi connectivity index (χ1) is 12.5. The van der Waals surface area contributed by atoms with Crippen LogP contribution in [0, 0.1) is 11.3 Å². The van der Waals surface area contributed by atoms with Crippen LogP contribution in [0.25, 0.3) is 0 Å². The summed E-state index contributed by atoms with van der Waals surface area (Å²) in [6, 6.07) is 8.45. The molecule has 0 aliphatic heterocycles. The number of benzene rings is 1. The van der Waals surface area contributed by atoms with Crippen molar-refractivity contribution in [2.24, 2.45) is 0 Å². The molecule has 26 heavy (non-hydrogen) atoms. The average Bonchev–Trinajstić information content (AvgIpc) is 3.06. The monoisotopic (exact) mass is 376 g/mol. The van der Waals surface area contributed by atoms with E-state index in [1.807, 2.05) is 0 Å². The third kappa shape index (κ3) is 6.08. The maximum absolute atomic E-state index is 12.5. The highest BCUT2D eigenvalue weighted by Gasteiger charge is 2.15. The Hall–Kier alpha value is -2.53. The molecule has 2 rings (SSSR count). The number of nitrogens with one attached hydrogen (secondary N) is 1. The minimum absolute atomic E-state index is 0.169. The van der Waals surface area contributed by atoms with E-state index in [2.05, 4.69) is 22.8 Å². The number of hydrogen-bond donors (Lipinski definition) is 1. The lowest BCUT2D eigenvalue weighted by molar-refractivity contribution is 0.309. The first-order valence-corrected chi connectivity index (χ1v) is 10.2. The molecule has 0 saturated heterocycles. The van der Waals surface area contributed by atoms with Gasteiger partial charge in [0.25, 0.3) is 10.0 Å². The lowest BCUT2D eigenvalue weighted by Crippen LogP contribution is -2.12. The van der Waals surface area contributed by atoms with Crippen LogP contribution >= 0.6 is 0 Å². The number of aromatic nitrogens is 2. The molecule has 0 fully saturated rings. The van der Waals surface area contributed by atoms with Crippen LogP contribution in [0.5, 0.6) is 5.75 Å². The van der Waals surface area contributed by atoms with Crippen molar-refractivity contribution >= 4 is 15.7 Å². The summed E-state index contributed by atoms with van der Waals surface area (Å²) in [5.41, 5.74) is 0.411. The third-order valence-electron chi connectivity index (χ3n) is 3.71. The molecular weight excluding hydrogens is 352 g/mol. The van der Waals surface area contributed by atoms with Gasteiger partial charge < -0.3 is 4.74 Å². The van der Waals surface area contributed by atoms with Crippen molar-refractivity contribution in [3.05, 3.63) is 36.7 Å². The second-order valence-corrected chi connectivity index (χ2v) is 7.57. The van der Waals surface area contributed by atoms with Crippen molar-refractivity contribution < 1.29 is 13.2 Å². The van der Waals surface area contributed by atoms with E-state index in [0.717, 1.165) is 25.7 Å². The van der Waals surface area contributed by atoms with Crippen molar-refractivity contribution in [3.63, 3.8) is 0 Å². The van der Waals surface area contributed by atoms with E-state index in [9.17, 15) is 8.42 Å². The summed E-state index contributed by atoms with van der Waals surface area (Å²) in [5, 5.41) is 12.7. The Labute approximate surface area is 154 Å². The summed E-state index contributed by atoms with van der Waals surface area (Å²) < 4.78 is 34.6. The highest BCUT2D eigenvalue weighted by Crippen LogP contribution is 2.19. The topological polar surface area (TPSA) is 97.0 Å². The van der Waals surface area contributed by atoms with Crippen molar-refractivity contribution in [1.82, 2.24) is 9.78 Å². The number of nitrogens with zero attached hydrogens (tertiary/aromatic N) is 3. The van der Waals surface area contributed by atoms with Crippen molar-refractivity contribution in [2.45, 2.75) is 50.5 Å². The molecule has 0 aliphatic carbocycles. The van der Waals surface area contributed by atoms with Crippen LogP contribution < -0.4 is 9.46 Å². The molecule has 0 amide bonds. The summed E-state index contributed by atoms with van der Waals surface area (Å²) in [5.74, 6) is 0.655. The second kappa shape index (κ2) is 9.82. The van der Waals surface area contributed by atoms with Gasteiger partial charge in [0.2, 0.25) is 0 Å². The van der Waals surface area contributed by atoms with Gasteiger partial charge in [-0.25, -0.2) is 8.42 Å². The van der Waals surface area contributed by atoms with E-state index < -0.39 is 10.0 Å². The summed E-state index contributed by atoms with van der Waals surface area (Å²) in [6.45, 7) is 3.35. The van der Waals surface area contributed by atoms with Gasteiger partial charge in [0, 0.05) is 19.2 Å². The fourth-order valence-electron chi connectivity index (χ4n) is 2.28. The zero-order valence-corrected chi connectivity index (χ0v) is 15.7. The molecule has 0 bridgehead atoms. The van der Waals surface area contributed by atoms with Gasteiger partial charge in [-0.3, -0.25) is 9.40 Å². The largest absolute Gasteiger partial charge is 0.494 e. The molecule has 1 aromatic carbocycles. The SMILES string of the molecule is CCCCOc1ccc(S(=O)(=O)Nc2cnn(CCCCC#N)c2)cc1. The van der Waals surface area contributed by atoms with Crippen molar-refractivity contribution in [1.29, 1.82) is 5.26 Å². The molecule has 1 aromatic heterocycles. The van der Waals surface area contributed by atoms with E-state index >= 15 is 0 Å². The average molecular weight is 376 g/mol. The number of unbranched alkanes of at least 4 members (excludes halogenated alkanes) is 3. The van der Waals surface area contributed by atoms with Crippen LogP contribution in [0.2, 0.25) is 0 Å². The standard InChI is InChI=1S/C18H24N4O3S/c1-2-3-13-25-17-7-9-18(10-8-17)26(23,24)21-16-14-20-22(15-16)12-6-4-5-11-19/h7-10,14-15,21H,2-6,12-13H2,1H3. The molecule has 0 unspecified atom stereocenters. The number of aryl methyl sites for hydroxylation is 1. The van der Waals surface area contributed by atoms with E-state index in [1.165, 1.54) is 18.3 Å².